The SMILES string of the molecule is O=C(COc1ccccc1CNCC1CC=CCC1)N1CCCC1. The molecule has 1 heterocycles. The molecule has 1 aromatic carbocycles. The van der Waals surface area contributed by atoms with E-state index in [0.717, 1.165) is 56.3 Å². The minimum absolute atomic E-state index is 0.101. The smallest absolute Gasteiger partial charge is 0.260 e. The molecular formula is C20H28N2O2. The summed E-state index contributed by atoms with van der Waals surface area (Å²) in [5, 5.41) is 3.55. The lowest BCUT2D eigenvalue weighted by Crippen LogP contribution is -2.32. The Balaban J connectivity index is 1.47. The zero-order valence-corrected chi connectivity index (χ0v) is 14.4. The molecule has 2 aliphatic rings. The second kappa shape index (κ2) is 8.88. The Morgan fingerprint density at radius 3 is 2.83 bits per heavy atom. The molecule has 1 N–H and O–H groups in total. The number of nitrogens with one attached hydrogen (secondary N) is 1. The van der Waals surface area contributed by atoms with Crippen LogP contribution in [0.5, 0.6) is 5.75 Å². The fraction of sp³-hybridized carbons (Fsp3) is 0.550. The molecule has 24 heavy (non-hydrogen) atoms. The second-order valence-corrected chi connectivity index (χ2v) is 6.77. The van der Waals surface area contributed by atoms with Crippen LogP contribution in [0, 0.1) is 5.92 Å². The van der Waals surface area contributed by atoms with Crippen molar-refractivity contribution in [1.82, 2.24) is 10.2 Å². The average Bonchev–Trinajstić information content (AvgIpc) is 3.16. The van der Waals surface area contributed by atoms with Gasteiger partial charge >= 0.3 is 0 Å². The van der Waals surface area contributed by atoms with E-state index in [1.807, 2.05) is 23.1 Å². The topological polar surface area (TPSA) is 41.6 Å². The number of hydrogen-bond donors (Lipinski definition) is 1. The van der Waals surface area contributed by atoms with Gasteiger partial charge in [-0.3, -0.25) is 4.79 Å². The fourth-order valence-corrected chi connectivity index (χ4v) is 3.44. The molecule has 0 spiro atoms. The van der Waals surface area contributed by atoms with Crippen molar-refractivity contribution < 1.29 is 9.53 Å². The van der Waals surface area contributed by atoms with Gasteiger partial charge in [0.25, 0.3) is 5.91 Å². The summed E-state index contributed by atoms with van der Waals surface area (Å²) < 4.78 is 5.81. The van der Waals surface area contributed by atoms with E-state index in [1.165, 1.54) is 19.3 Å². The van der Waals surface area contributed by atoms with E-state index in [1.54, 1.807) is 0 Å². The number of nitrogens with zero attached hydrogens (tertiary/aromatic N) is 1. The zero-order chi connectivity index (χ0) is 16.6. The zero-order valence-electron chi connectivity index (χ0n) is 14.4. The Morgan fingerprint density at radius 2 is 2.04 bits per heavy atom. The van der Waals surface area contributed by atoms with Crippen molar-refractivity contribution in [2.24, 2.45) is 5.92 Å². The standard InChI is InChI=1S/C20H28N2O2/c23-20(22-12-6-7-13-22)16-24-19-11-5-4-10-18(19)15-21-14-17-8-2-1-3-9-17/h1-2,4-5,10-11,17,21H,3,6-9,12-16H2. The minimum Gasteiger partial charge on any atom is -0.483 e. The van der Waals surface area contributed by atoms with Crippen LogP contribution in [0.3, 0.4) is 0 Å². The molecule has 1 aliphatic carbocycles. The summed E-state index contributed by atoms with van der Waals surface area (Å²) in [6, 6.07) is 8.02. The highest BCUT2D eigenvalue weighted by molar-refractivity contribution is 5.78. The largest absolute Gasteiger partial charge is 0.483 e. The first kappa shape index (κ1) is 17.0. The number of ether oxygens (including phenoxy) is 1. The lowest BCUT2D eigenvalue weighted by Gasteiger charge is -2.19. The maximum absolute atomic E-state index is 12.1. The number of benzene rings is 1. The molecular weight excluding hydrogens is 300 g/mol. The van der Waals surface area contributed by atoms with Crippen LogP contribution in [0.15, 0.2) is 36.4 Å². The summed E-state index contributed by atoms with van der Waals surface area (Å²) in [6.07, 6.45) is 10.4. The minimum atomic E-state index is 0.101. The molecule has 4 nitrogen and oxygen atoms in total. The highest BCUT2D eigenvalue weighted by atomic mass is 16.5. The molecule has 0 bridgehead atoms. The average molecular weight is 328 g/mol. The van der Waals surface area contributed by atoms with Crippen LogP contribution in [0.25, 0.3) is 0 Å². The molecule has 1 fully saturated rings. The quantitative estimate of drug-likeness (QED) is 0.782. The van der Waals surface area contributed by atoms with Crippen molar-refractivity contribution in [3.63, 3.8) is 0 Å². The van der Waals surface area contributed by atoms with Crippen LogP contribution in [0.4, 0.5) is 0 Å². The van der Waals surface area contributed by atoms with Gasteiger partial charge in [0.05, 0.1) is 0 Å². The van der Waals surface area contributed by atoms with Gasteiger partial charge in [0.15, 0.2) is 6.61 Å². The summed E-state index contributed by atoms with van der Waals surface area (Å²) >= 11 is 0. The van der Waals surface area contributed by atoms with Gasteiger partial charge in [0.1, 0.15) is 5.75 Å². The summed E-state index contributed by atoms with van der Waals surface area (Å²) in [5.41, 5.74) is 1.12. The first-order valence-electron chi connectivity index (χ1n) is 9.17. The third-order valence-corrected chi connectivity index (χ3v) is 4.91. The Labute approximate surface area is 144 Å². The monoisotopic (exact) mass is 328 g/mol. The van der Waals surface area contributed by atoms with Crippen LogP contribution in [0.2, 0.25) is 0 Å². The van der Waals surface area contributed by atoms with Gasteiger partial charge in [0, 0.05) is 25.2 Å². The predicted molar refractivity (Wildman–Crippen MR) is 95.9 cm³/mol. The van der Waals surface area contributed by atoms with E-state index in [9.17, 15) is 4.79 Å². The number of hydrogen-bond acceptors (Lipinski definition) is 3. The van der Waals surface area contributed by atoms with E-state index in [-0.39, 0.29) is 12.5 Å². The number of allylic oxidation sites excluding steroid dienone is 2. The number of carbonyl (C=O) groups is 1. The molecule has 0 saturated carbocycles. The molecule has 130 valence electrons. The van der Waals surface area contributed by atoms with Crippen molar-refractivity contribution in [3.8, 4) is 5.75 Å². The Kier molecular flexibility index (Phi) is 6.30. The molecule has 0 aromatic heterocycles. The van der Waals surface area contributed by atoms with Crippen molar-refractivity contribution in [1.29, 1.82) is 0 Å². The molecule has 4 heteroatoms. The van der Waals surface area contributed by atoms with E-state index in [4.69, 9.17) is 4.74 Å². The van der Waals surface area contributed by atoms with Gasteiger partial charge in [-0.2, -0.15) is 0 Å². The second-order valence-electron chi connectivity index (χ2n) is 6.77. The van der Waals surface area contributed by atoms with Crippen LogP contribution >= 0.6 is 0 Å². The molecule has 3 rings (SSSR count). The van der Waals surface area contributed by atoms with Crippen LogP contribution in [-0.2, 0) is 11.3 Å². The maximum atomic E-state index is 12.1. The van der Waals surface area contributed by atoms with E-state index >= 15 is 0 Å². The number of rotatable bonds is 7. The summed E-state index contributed by atoms with van der Waals surface area (Å²) in [5.74, 6) is 1.66. The summed E-state index contributed by atoms with van der Waals surface area (Å²) in [4.78, 5) is 14.0. The first-order valence-corrected chi connectivity index (χ1v) is 9.17. The number of amides is 1. The molecule has 1 atom stereocenters. The number of carbonyl (C=O) groups excluding carboxylic acids is 1. The molecule has 1 aliphatic heterocycles. The molecule has 1 unspecified atom stereocenters. The normalized spacial score (nSPS) is 20.3. The van der Waals surface area contributed by atoms with Crippen molar-refractivity contribution in [3.05, 3.63) is 42.0 Å². The highest BCUT2D eigenvalue weighted by Crippen LogP contribution is 2.20. The van der Waals surface area contributed by atoms with Gasteiger partial charge in [-0.25, -0.2) is 0 Å². The number of likely N-dealkylation sites (tertiary alicyclic amines) is 1. The van der Waals surface area contributed by atoms with Gasteiger partial charge in [-0.1, -0.05) is 30.4 Å². The van der Waals surface area contributed by atoms with Gasteiger partial charge in [-0.15, -0.1) is 0 Å². The van der Waals surface area contributed by atoms with Crippen molar-refractivity contribution in [2.75, 3.05) is 26.2 Å². The van der Waals surface area contributed by atoms with Gasteiger partial charge in [0.2, 0.25) is 0 Å². The van der Waals surface area contributed by atoms with E-state index in [2.05, 4.69) is 23.5 Å². The maximum Gasteiger partial charge on any atom is 0.260 e. The molecule has 1 saturated heterocycles. The van der Waals surface area contributed by atoms with Crippen LogP contribution < -0.4 is 10.1 Å². The highest BCUT2D eigenvalue weighted by Gasteiger charge is 2.18. The Hall–Kier alpha value is -1.81. The van der Waals surface area contributed by atoms with Gasteiger partial charge in [-0.05, 0) is 50.6 Å². The molecule has 1 aromatic rings. The van der Waals surface area contributed by atoms with Crippen LogP contribution in [0.1, 0.15) is 37.7 Å². The third-order valence-electron chi connectivity index (χ3n) is 4.91. The molecule has 0 radical (unpaired) electrons. The Morgan fingerprint density at radius 1 is 1.21 bits per heavy atom. The number of para-hydroxylation sites is 1. The predicted octanol–water partition coefficient (Wildman–Crippen LogP) is 3.13. The summed E-state index contributed by atoms with van der Waals surface area (Å²) in [7, 11) is 0. The van der Waals surface area contributed by atoms with Crippen LogP contribution in [-0.4, -0.2) is 37.0 Å². The Bertz CT molecular complexity index is 565. The van der Waals surface area contributed by atoms with E-state index < -0.39 is 0 Å². The van der Waals surface area contributed by atoms with Crippen molar-refractivity contribution >= 4 is 5.91 Å². The van der Waals surface area contributed by atoms with Gasteiger partial charge < -0.3 is 15.0 Å². The lowest BCUT2D eigenvalue weighted by atomic mass is 9.94. The summed E-state index contributed by atoms with van der Waals surface area (Å²) in [6.45, 7) is 3.71. The lowest BCUT2D eigenvalue weighted by molar-refractivity contribution is -0.132. The van der Waals surface area contributed by atoms with Crippen molar-refractivity contribution in [2.45, 2.75) is 38.6 Å². The third kappa shape index (κ3) is 4.84. The van der Waals surface area contributed by atoms with E-state index in [0.29, 0.717) is 0 Å². The fourth-order valence-electron chi connectivity index (χ4n) is 3.44. The molecule has 1 amide bonds. The first-order chi connectivity index (χ1) is 11.8.